The van der Waals surface area contributed by atoms with Crippen molar-refractivity contribution in [3.63, 3.8) is 0 Å². The van der Waals surface area contributed by atoms with Crippen LogP contribution in [0.15, 0.2) is 29.6 Å². The zero-order valence-corrected chi connectivity index (χ0v) is 14.1. The predicted octanol–water partition coefficient (Wildman–Crippen LogP) is 0.616. The largest absolute Gasteiger partial charge is 0.354 e. The monoisotopic (exact) mass is 348 g/mol. The molecule has 0 saturated heterocycles. The summed E-state index contributed by atoms with van der Waals surface area (Å²) in [5.74, 6) is 0.994. The number of carbonyl (C=O) groups excluding carboxylic acids is 1. The Bertz CT molecular complexity index is 724. The summed E-state index contributed by atoms with van der Waals surface area (Å²) in [6.45, 7) is 0.693. The molecule has 0 aliphatic heterocycles. The summed E-state index contributed by atoms with van der Waals surface area (Å²) < 4.78 is 2.80. The molecule has 1 N–H and O–H groups in total. The van der Waals surface area contributed by atoms with Gasteiger partial charge in [-0.3, -0.25) is 9.59 Å². The quantitative estimate of drug-likeness (QED) is 0.788. The summed E-state index contributed by atoms with van der Waals surface area (Å²) in [4.78, 5) is 27.6. The first-order valence-corrected chi connectivity index (χ1v) is 9.09. The fourth-order valence-electron chi connectivity index (χ4n) is 2.65. The second kappa shape index (κ2) is 8.09. The van der Waals surface area contributed by atoms with Gasteiger partial charge in [0.15, 0.2) is 5.82 Å². The molecule has 3 rings (SSSR count). The third-order valence-electron chi connectivity index (χ3n) is 3.90. The lowest BCUT2D eigenvalue weighted by atomic mass is 10.4. The fourth-order valence-corrected chi connectivity index (χ4v) is 3.80. The van der Waals surface area contributed by atoms with E-state index in [4.69, 9.17) is 0 Å². The molecular formula is C15H20N6O2S. The third-order valence-corrected chi connectivity index (χ3v) is 5.28. The maximum Gasteiger partial charge on any atom is 0.266 e. The van der Waals surface area contributed by atoms with E-state index in [0.717, 1.165) is 0 Å². The van der Waals surface area contributed by atoms with E-state index in [0.29, 0.717) is 29.9 Å². The average Bonchev–Trinajstić information content (AvgIpc) is 3.28. The lowest BCUT2D eigenvalue weighted by Gasteiger charge is -2.10. The highest BCUT2D eigenvalue weighted by atomic mass is 32.2. The van der Waals surface area contributed by atoms with Crippen LogP contribution >= 0.6 is 11.8 Å². The first-order chi connectivity index (χ1) is 11.7. The Labute approximate surface area is 143 Å². The number of nitrogens with zero attached hydrogens (tertiary/aromatic N) is 5. The summed E-state index contributed by atoms with van der Waals surface area (Å²) >= 11 is 1.73. The Hall–Kier alpha value is -2.16. The van der Waals surface area contributed by atoms with E-state index < -0.39 is 0 Å². The van der Waals surface area contributed by atoms with Crippen molar-refractivity contribution in [2.24, 2.45) is 0 Å². The minimum absolute atomic E-state index is 0.00683. The van der Waals surface area contributed by atoms with Crippen molar-refractivity contribution in [2.45, 2.75) is 37.5 Å². The van der Waals surface area contributed by atoms with Crippen molar-refractivity contribution in [1.82, 2.24) is 29.9 Å². The smallest absolute Gasteiger partial charge is 0.266 e. The van der Waals surface area contributed by atoms with Gasteiger partial charge >= 0.3 is 0 Å². The zero-order chi connectivity index (χ0) is 16.8. The van der Waals surface area contributed by atoms with Crippen LogP contribution in [-0.2, 0) is 11.3 Å². The molecule has 0 spiro atoms. The lowest BCUT2D eigenvalue weighted by Crippen LogP contribution is -2.33. The van der Waals surface area contributed by atoms with Crippen molar-refractivity contribution < 1.29 is 4.79 Å². The molecule has 128 valence electrons. The molecule has 1 amide bonds. The van der Waals surface area contributed by atoms with Gasteiger partial charge in [-0.2, -0.15) is 5.10 Å². The highest BCUT2D eigenvalue weighted by Crippen LogP contribution is 2.28. The van der Waals surface area contributed by atoms with Gasteiger partial charge in [0.1, 0.15) is 12.7 Å². The maximum atomic E-state index is 11.9. The SMILES string of the molecule is O=C(CSC1CCCC1)NCCn1nc(-n2cncn2)ccc1=O. The van der Waals surface area contributed by atoms with Gasteiger partial charge in [0.2, 0.25) is 5.91 Å². The summed E-state index contributed by atoms with van der Waals surface area (Å²) in [6, 6.07) is 3.02. The molecule has 2 aromatic heterocycles. The van der Waals surface area contributed by atoms with Crippen LogP contribution in [0.2, 0.25) is 0 Å². The van der Waals surface area contributed by atoms with Crippen LogP contribution < -0.4 is 10.9 Å². The first kappa shape index (κ1) is 16.7. The van der Waals surface area contributed by atoms with E-state index in [1.807, 2.05) is 0 Å². The lowest BCUT2D eigenvalue weighted by molar-refractivity contribution is -0.118. The Morgan fingerprint density at radius 1 is 1.33 bits per heavy atom. The van der Waals surface area contributed by atoms with Crippen LogP contribution in [0.1, 0.15) is 25.7 Å². The predicted molar refractivity (Wildman–Crippen MR) is 91.1 cm³/mol. The molecule has 2 aromatic rings. The van der Waals surface area contributed by atoms with Gasteiger partial charge in [0.05, 0.1) is 12.3 Å². The van der Waals surface area contributed by atoms with Gasteiger partial charge < -0.3 is 5.32 Å². The van der Waals surface area contributed by atoms with Crippen LogP contribution in [0.5, 0.6) is 0 Å². The van der Waals surface area contributed by atoms with Crippen molar-refractivity contribution in [3.8, 4) is 5.82 Å². The van der Waals surface area contributed by atoms with Crippen LogP contribution in [0.3, 0.4) is 0 Å². The molecule has 8 nitrogen and oxygen atoms in total. The molecule has 1 aliphatic rings. The second-order valence-corrected chi connectivity index (χ2v) is 6.95. The maximum absolute atomic E-state index is 11.9. The molecule has 24 heavy (non-hydrogen) atoms. The van der Waals surface area contributed by atoms with E-state index in [1.165, 1.54) is 53.8 Å². The first-order valence-electron chi connectivity index (χ1n) is 8.04. The number of rotatable bonds is 7. The summed E-state index contributed by atoms with van der Waals surface area (Å²) in [7, 11) is 0. The molecular weight excluding hydrogens is 328 g/mol. The van der Waals surface area contributed by atoms with Gasteiger partial charge in [-0.25, -0.2) is 14.3 Å². The van der Waals surface area contributed by atoms with Crippen molar-refractivity contribution in [3.05, 3.63) is 35.1 Å². The van der Waals surface area contributed by atoms with Gasteiger partial charge in [0.25, 0.3) is 5.56 Å². The molecule has 9 heteroatoms. The summed E-state index contributed by atoms with van der Waals surface area (Å²) in [6.07, 6.45) is 7.89. The number of hydrogen-bond acceptors (Lipinski definition) is 6. The zero-order valence-electron chi connectivity index (χ0n) is 13.3. The molecule has 0 bridgehead atoms. The van der Waals surface area contributed by atoms with Crippen LogP contribution in [-0.4, -0.2) is 48.0 Å². The topological polar surface area (TPSA) is 94.7 Å². The summed E-state index contributed by atoms with van der Waals surface area (Å²) in [5, 5.41) is 11.7. The Morgan fingerprint density at radius 2 is 2.17 bits per heavy atom. The molecule has 1 aliphatic carbocycles. The standard InChI is InChI=1S/C15H20N6O2S/c22-14(9-24-12-3-1-2-4-12)17-7-8-20-15(23)6-5-13(19-20)21-11-16-10-18-21/h5-6,10-12H,1-4,7-9H2,(H,17,22). The van der Waals surface area contributed by atoms with Crippen molar-refractivity contribution >= 4 is 17.7 Å². The minimum Gasteiger partial charge on any atom is -0.354 e. The highest BCUT2D eigenvalue weighted by molar-refractivity contribution is 8.00. The van der Waals surface area contributed by atoms with Gasteiger partial charge in [-0.05, 0) is 18.9 Å². The molecule has 1 fully saturated rings. The van der Waals surface area contributed by atoms with Gasteiger partial charge in [-0.15, -0.1) is 16.9 Å². The highest BCUT2D eigenvalue weighted by Gasteiger charge is 2.16. The van der Waals surface area contributed by atoms with Crippen LogP contribution in [0.25, 0.3) is 5.82 Å². The Morgan fingerprint density at radius 3 is 2.92 bits per heavy atom. The number of aromatic nitrogens is 5. The van der Waals surface area contributed by atoms with E-state index in [-0.39, 0.29) is 11.5 Å². The molecule has 0 aromatic carbocycles. The number of nitrogens with one attached hydrogen (secondary N) is 1. The molecule has 0 atom stereocenters. The van der Waals surface area contributed by atoms with Gasteiger partial charge in [0, 0.05) is 17.9 Å². The number of thioether (sulfide) groups is 1. The fraction of sp³-hybridized carbons (Fsp3) is 0.533. The molecule has 1 saturated carbocycles. The second-order valence-electron chi connectivity index (χ2n) is 5.66. The van der Waals surface area contributed by atoms with E-state index in [2.05, 4.69) is 20.5 Å². The molecule has 0 unspecified atom stereocenters. The Balaban J connectivity index is 1.48. The Kier molecular flexibility index (Phi) is 5.63. The van der Waals surface area contributed by atoms with Crippen molar-refractivity contribution in [1.29, 1.82) is 0 Å². The normalized spacial score (nSPS) is 14.8. The van der Waals surface area contributed by atoms with E-state index in [9.17, 15) is 9.59 Å². The average molecular weight is 348 g/mol. The van der Waals surface area contributed by atoms with E-state index in [1.54, 1.807) is 17.8 Å². The van der Waals surface area contributed by atoms with Crippen LogP contribution in [0.4, 0.5) is 0 Å². The van der Waals surface area contributed by atoms with Gasteiger partial charge in [-0.1, -0.05) is 12.8 Å². The molecule has 2 heterocycles. The van der Waals surface area contributed by atoms with E-state index >= 15 is 0 Å². The number of amides is 1. The number of carbonyl (C=O) groups is 1. The minimum atomic E-state index is -0.214. The molecule has 0 radical (unpaired) electrons. The van der Waals surface area contributed by atoms with Crippen LogP contribution in [0, 0.1) is 0 Å². The third kappa shape index (κ3) is 4.44. The van der Waals surface area contributed by atoms with Crippen molar-refractivity contribution in [2.75, 3.05) is 12.3 Å². The summed E-state index contributed by atoms with van der Waals surface area (Å²) in [5.41, 5.74) is -0.214. The number of hydrogen-bond donors (Lipinski definition) is 1.